The molecule has 1 rings (SSSR count). The van der Waals surface area contributed by atoms with Crippen molar-refractivity contribution in [2.45, 2.75) is 45.8 Å². The fourth-order valence-electron chi connectivity index (χ4n) is 1.66. The molecule has 0 saturated heterocycles. The Morgan fingerprint density at radius 1 is 1.21 bits per heavy atom. The lowest BCUT2D eigenvalue weighted by Crippen LogP contribution is -2.32. The lowest BCUT2D eigenvalue weighted by Gasteiger charge is -2.18. The maximum Gasteiger partial charge on any atom is 0.119 e. The predicted molar refractivity (Wildman–Crippen MR) is 78.0 cm³/mol. The van der Waals surface area contributed by atoms with Crippen molar-refractivity contribution in [3.63, 3.8) is 0 Å². The summed E-state index contributed by atoms with van der Waals surface area (Å²) < 4.78 is 11.2. The molecule has 4 nitrogen and oxygen atoms in total. The second-order valence-electron chi connectivity index (χ2n) is 4.87. The van der Waals surface area contributed by atoms with E-state index in [4.69, 9.17) is 15.3 Å². The van der Waals surface area contributed by atoms with E-state index < -0.39 is 0 Å². The largest absolute Gasteiger partial charge is 0.494 e. The first-order chi connectivity index (χ1) is 9.17. The Labute approximate surface area is 116 Å². The zero-order chi connectivity index (χ0) is 14.1. The highest BCUT2D eigenvalue weighted by Crippen LogP contribution is 2.18. The maximum atomic E-state index is 5.63. The SMILES string of the molecule is CCCCOc1ccc(C(COC(C)C)NN)cc1. The van der Waals surface area contributed by atoms with E-state index >= 15 is 0 Å². The molecule has 0 aliphatic carbocycles. The van der Waals surface area contributed by atoms with Crippen LogP contribution in [0.25, 0.3) is 0 Å². The lowest BCUT2D eigenvalue weighted by atomic mass is 10.1. The van der Waals surface area contributed by atoms with E-state index in [0.29, 0.717) is 6.61 Å². The smallest absolute Gasteiger partial charge is 0.119 e. The van der Waals surface area contributed by atoms with Crippen LogP contribution >= 0.6 is 0 Å². The van der Waals surface area contributed by atoms with Crippen LogP contribution in [-0.2, 0) is 4.74 Å². The average molecular weight is 266 g/mol. The van der Waals surface area contributed by atoms with E-state index in [-0.39, 0.29) is 12.1 Å². The molecule has 0 aliphatic heterocycles. The van der Waals surface area contributed by atoms with Crippen LogP contribution in [0, 0.1) is 0 Å². The van der Waals surface area contributed by atoms with E-state index in [1.807, 2.05) is 38.1 Å². The van der Waals surface area contributed by atoms with Crippen molar-refractivity contribution in [2.75, 3.05) is 13.2 Å². The zero-order valence-corrected chi connectivity index (χ0v) is 12.2. The van der Waals surface area contributed by atoms with Gasteiger partial charge >= 0.3 is 0 Å². The molecule has 0 fully saturated rings. The van der Waals surface area contributed by atoms with E-state index in [1.54, 1.807) is 0 Å². The van der Waals surface area contributed by atoms with Crippen molar-refractivity contribution in [1.82, 2.24) is 5.43 Å². The van der Waals surface area contributed by atoms with Crippen LogP contribution in [0.4, 0.5) is 0 Å². The normalized spacial score (nSPS) is 12.7. The lowest BCUT2D eigenvalue weighted by molar-refractivity contribution is 0.0611. The average Bonchev–Trinajstić information content (AvgIpc) is 2.41. The Morgan fingerprint density at radius 3 is 2.42 bits per heavy atom. The minimum atomic E-state index is 0.00657. The molecule has 108 valence electrons. The third-order valence-electron chi connectivity index (χ3n) is 2.85. The van der Waals surface area contributed by atoms with Crippen molar-refractivity contribution in [3.8, 4) is 5.75 Å². The second-order valence-corrected chi connectivity index (χ2v) is 4.87. The molecule has 1 atom stereocenters. The third-order valence-corrected chi connectivity index (χ3v) is 2.85. The maximum absolute atomic E-state index is 5.63. The molecule has 0 saturated carbocycles. The highest BCUT2D eigenvalue weighted by Gasteiger charge is 2.10. The summed E-state index contributed by atoms with van der Waals surface area (Å²) in [6.07, 6.45) is 2.42. The molecule has 0 aliphatic rings. The first-order valence-electron chi connectivity index (χ1n) is 6.97. The van der Waals surface area contributed by atoms with Crippen LogP contribution in [0.2, 0.25) is 0 Å². The second kappa shape index (κ2) is 8.91. The van der Waals surface area contributed by atoms with Gasteiger partial charge in [-0.05, 0) is 38.0 Å². The van der Waals surface area contributed by atoms with Crippen molar-refractivity contribution in [3.05, 3.63) is 29.8 Å². The Morgan fingerprint density at radius 2 is 1.89 bits per heavy atom. The van der Waals surface area contributed by atoms with Crippen LogP contribution in [0.1, 0.15) is 45.2 Å². The van der Waals surface area contributed by atoms with Crippen LogP contribution < -0.4 is 16.0 Å². The molecule has 1 aromatic carbocycles. The third kappa shape index (κ3) is 6.05. The van der Waals surface area contributed by atoms with Gasteiger partial charge in [-0.25, -0.2) is 0 Å². The minimum absolute atomic E-state index is 0.00657. The fourth-order valence-corrected chi connectivity index (χ4v) is 1.66. The number of hydrazine groups is 1. The number of hydrogen-bond acceptors (Lipinski definition) is 4. The summed E-state index contributed by atoms with van der Waals surface area (Å²) in [5, 5.41) is 0. The zero-order valence-electron chi connectivity index (χ0n) is 12.2. The molecular formula is C15H26N2O2. The fraction of sp³-hybridized carbons (Fsp3) is 0.600. The van der Waals surface area contributed by atoms with E-state index in [1.165, 1.54) is 0 Å². The van der Waals surface area contributed by atoms with Crippen LogP contribution in [0.3, 0.4) is 0 Å². The topological polar surface area (TPSA) is 56.5 Å². The van der Waals surface area contributed by atoms with Crippen molar-refractivity contribution in [2.24, 2.45) is 5.84 Å². The Kier molecular flexibility index (Phi) is 7.48. The molecule has 0 spiro atoms. The Hall–Kier alpha value is -1.10. The predicted octanol–water partition coefficient (Wildman–Crippen LogP) is 2.79. The van der Waals surface area contributed by atoms with Crippen molar-refractivity contribution in [1.29, 1.82) is 0 Å². The van der Waals surface area contributed by atoms with Crippen molar-refractivity contribution >= 4 is 0 Å². The van der Waals surface area contributed by atoms with Gasteiger partial charge in [0.15, 0.2) is 0 Å². The van der Waals surface area contributed by atoms with E-state index in [2.05, 4.69) is 12.3 Å². The monoisotopic (exact) mass is 266 g/mol. The molecule has 1 aromatic rings. The van der Waals surface area contributed by atoms with Gasteiger partial charge < -0.3 is 9.47 Å². The van der Waals surface area contributed by atoms with E-state index in [0.717, 1.165) is 30.8 Å². The van der Waals surface area contributed by atoms with Gasteiger partial charge in [-0.1, -0.05) is 25.5 Å². The first kappa shape index (κ1) is 16.0. The van der Waals surface area contributed by atoms with Crippen LogP contribution in [0.15, 0.2) is 24.3 Å². The van der Waals surface area contributed by atoms with Crippen molar-refractivity contribution < 1.29 is 9.47 Å². The number of nitrogens with two attached hydrogens (primary N) is 1. The molecule has 0 bridgehead atoms. The van der Waals surface area contributed by atoms with Gasteiger partial charge in [-0.15, -0.1) is 0 Å². The van der Waals surface area contributed by atoms with Gasteiger partial charge in [-0.3, -0.25) is 11.3 Å². The van der Waals surface area contributed by atoms with Gasteiger partial charge in [0, 0.05) is 0 Å². The number of rotatable bonds is 9. The van der Waals surface area contributed by atoms with Gasteiger partial charge in [0.1, 0.15) is 5.75 Å². The molecule has 3 N–H and O–H groups in total. The standard InChI is InChI=1S/C15H26N2O2/c1-4-5-10-18-14-8-6-13(7-9-14)15(17-16)11-19-12(2)3/h6-9,12,15,17H,4-5,10-11,16H2,1-3H3. The molecule has 4 heteroatoms. The number of unbranched alkanes of at least 4 members (excludes halogenated alkanes) is 1. The highest BCUT2D eigenvalue weighted by molar-refractivity contribution is 5.29. The van der Waals surface area contributed by atoms with Gasteiger partial charge in [0.2, 0.25) is 0 Å². The van der Waals surface area contributed by atoms with Gasteiger partial charge in [0.05, 0.1) is 25.4 Å². The van der Waals surface area contributed by atoms with Crippen LogP contribution in [-0.4, -0.2) is 19.3 Å². The molecule has 0 aromatic heterocycles. The van der Waals surface area contributed by atoms with Crippen LogP contribution in [0.5, 0.6) is 5.75 Å². The highest BCUT2D eigenvalue weighted by atomic mass is 16.5. The summed E-state index contributed by atoms with van der Waals surface area (Å²) >= 11 is 0. The number of nitrogens with one attached hydrogen (secondary N) is 1. The Bertz CT molecular complexity index is 339. The summed E-state index contributed by atoms with van der Waals surface area (Å²) in [5.41, 5.74) is 3.88. The summed E-state index contributed by atoms with van der Waals surface area (Å²) in [6, 6.07) is 8.01. The van der Waals surface area contributed by atoms with E-state index in [9.17, 15) is 0 Å². The van der Waals surface area contributed by atoms with Gasteiger partial charge in [-0.2, -0.15) is 0 Å². The molecule has 0 radical (unpaired) electrons. The first-order valence-corrected chi connectivity index (χ1v) is 6.97. The summed E-state index contributed by atoms with van der Waals surface area (Å²) in [7, 11) is 0. The molecular weight excluding hydrogens is 240 g/mol. The Balaban J connectivity index is 2.52. The summed E-state index contributed by atoms with van der Waals surface area (Å²) in [4.78, 5) is 0. The quantitative estimate of drug-likeness (QED) is 0.410. The summed E-state index contributed by atoms with van der Waals surface area (Å²) in [5.74, 6) is 6.47. The molecule has 1 unspecified atom stereocenters. The molecule has 0 amide bonds. The number of ether oxygens (including phenoxy) is 2. The minimum Gasteiger partial charge on any atom is -0.494 e. The van der Waals surface area contributed by atoms with Gasteiger partial charge in [0.25, 0.3) is 0 Å². The number of hydrogen-bond donors (Lipinski definition) is 2. The molecule has 0 heterocycles. The summed E-state index contributed by atoms with van der Waals surface area (Å²) in [6.45, 7) is 7.50. The number of benzene rings is 1. The molecule has 19 heavy (non-hydrogen) atoms.